The molecule has 0 N–H and O–H groups in total. The third-order valence-electron chi connectivity index (χ3n) is 5.87. The van der Waals surface area contributed by atoms with E-state index in [0.29, 0.717) is 13.2 Å². The van der Waals surface area contributed by atoms with Gasteiger partial charge in [-0.2, -0.15) is 0 Å². The second-order valence-electron chi connectivity index (χ2n) is 8.09. The van der Waals surface area contributed by atoms with Crippen LogP contribution in [-0.4, -0.2) is 31.7 Å². The molecule has 0 aliphatic carbocycles. The number of rotatable bonds is 8. The topological polar surface area (TPSA) is 65.1 Å². The summed E-state index contributed by atoms with van der Waals surface area (Å²) in [5, 5.41) is 0. The number of hydrogen-bond donors (Lipinski definition) is 0. The van der Waals surface area contributed by atoms with Gasteiger partial charge in [0.25, 0.3) is 5.91 Å². The van der Waals surface area contributed by atoms with Crippen molar-refractivity contribution in [1.82, 2.24) is 0 Å². The van der Waals surface area contributed by atoms with Gasteiger partial charge in [0.05, 0.1) is 25.9 Å². The van der Waals surface area contributed by atoms with Crippen molar-refractivity contribution in [3.05, 3.63) is 95.6 Å². The lowest BCUT2D eigenvalue weighted by atomic mass is 9.99. The van der Waals surface area contributed by atoms with Gasteiger partial charge in [0.15, 0.2) is 0 Å². The number of ether oxygens (including phenoxy) is 3. The van der Waals surface area contributed by atoms with Crippen LogP contribution in [0.3, 0.4) is 0 Å². The Morgan fingerprint density at radius 2 is 1.68 bits per heavy atom. The number of benzene rings is 3. The van der Waals surface area contributed by atoms with Gasteiger partial charge in [-0.1, -0.05) is 60.7 Å². The molecule has 3 aromatic carbocycles. The molecule has 0 fully saturated rings. The van der Waals surface area contributed by atoms with Crippen molar-refractivity contribution >= 4 is 17.6 Å². The van der Waals surface area contributed by atoms with Crippen LogP contribution in [0.25, 0.3) is 0 Å². The van der Waals surface area contributed by atoms with Gasteiger partial charge in [0.2, 0.25) is 0 Å². The van der Waals surface area contributed by atoms with Crippen LogP contribution < -0.4 is 9.64 Å². The van der Waals surface area contributed by atoms with Crippen molar-refractivity contribution in [3.8, 4) is 5.75 Å². The molecule has 1 heterocycles. The van der Waals surface area contributed by atoms with Gasteiger partial charge >= 0.3 is 5.97 Å². The zero-order valence-electron chi connectivity index (χ0n) is 19.5. The third-order valence-corrected chi connectivity index (χ3v) is 5.87. The summed E-state index contributed by atoms with van der Waals surface area (Å²) in [6.45, 7) is 2.48. The van der Waals surface area contributed by atoms with E-state index < -0.39 is 12.2 Å². The molecule has 0 saturated heterocycles. The van der Waals surface area contributed by atoms with Crippen LogP contribution in [0.5, 0.6) is 5.75 Å². The molecular weight excluding hydrogens is 430 g/mol. The van der Waals surface area contributed by atoms with Gasteiger partial charge in [-0.3, -0.25) is 9.59 Å². The van der Waals surface area contributed by atoms with E-state index in [0.717, 1.165) is 28.1 Å². The Hall–Kier alpha value is -3.64. The molecule has 4 rings (SSSR count). The molecule has 0 bridgehead atoms. The summed E-state index contributed by atoms with van der Waals surface area (Å²) < 4.78 is 16.9. The number of hydrogen-bond acceptors (Lipinski definition) is 5. The smallest absolute Gasteiger partial charge is 0.305 e. The minimum Gasteiger partial charge on any atom is -0.497 e. The lowest BCUT2D eigenvalue weighted by Crippen LogP contribution is -2.39. The average Bonchev–Trinajstić information content (AvgIpc) is 2.99. The molecule has 0 unspecified atom stereocenters. The van der Waals surface area contributed by atoms with Crippen molar-refractivity contribution < 1.29 is 23.8 Å². The molecule has 1 amide bonds. The molecule has 2 atom stereocenters. The summed E-state index contributed by atoms with van der Waals surface area (Å²) in [6.07, 6.45) is -0.926. The Morgan fingerprint density at radius 1 is 0.971 bits per heavy atom. The van der Waals surface area contributed by atoms with Gasteiger partial charge in [-0.15, -0.1) is 0 Å². The quantitative estimate of drug-likeness (QED) is 0.441. The van der Waals surface area contributed by atoms with E-state index >= 15 is 0 Å². The first-order valence-electron chi connectivity index (χ1n) is 11.5. The molecule has 0 saturated carbocycles. The molecule has 0 spiro atoms. The van der Waals surface area contributed by atoms with Crippen LogP contribution in [0.4, 0.5) is 5.69 Å². The van der Waals surface area contributed by atoms with Gasteiger partial charge in [0.1, 0.15) is 18.0 Å². The number of anilines is 1. The first-order valence-corrected chi connectivity index (χ1v) is 11.5. The maximum Gasteiger partial charge on any atom is 0.305 e. The zero-order valence-corrected chi connectivity index (χ0v) is 19.5. The molecule has 6 nitrogen and oxygen atoms in total. The highest BCUT2D eigenvalue weighted by molar-refractivity contribution is 5.98. The molecule has 3 aromatic rings. The largest absolute Gasteiger partial charge is 0.497 e. The monoisotopic (exact) mass is 459 g/mol. The highest BCUT2D eigenvalue weighted by Gasteiger charge is 2.36. The molecule has 34 heavy (non-hydrogen) atoms. The molecule has 1 aliphatic heterocycles. The highest BCUT2D eigenvalue weighted by atomic mass is 16.5. The standard InChI is InChI=1S/C28H29NO5/c1-3-33-26(30)18-17-25-28(31)29(19-20-9-5-4-6-10-20)24-12-8-7-11-23(24)27(34-25)21-13-15-22(32-2)16-14-21/h4-16,25,27H,3,17-19H2,1-2H3/t25-,27+/m1/s1. The van der Waals surface area contributed by atoms with Crippen LogP contribution in [0.15, 0.2) is 78.9 Å². The minimum absolute atomic E-state index is 0.106. The summed E-state index contributed by atoms with van der Waals surface area (Å²) in [6, 6.07) is 25.3. The zero-order chi connectivity index (χ0) is 23.9. The van der Waals surface area contributed by atoms with Gasteiger partial charge in [0, 0.05) is 12.0 Å². The van der Waals surface area contributed by atoms with E-state index in [-0.39, 0.29) is 24.7 Å². The fourth-order valence-electron chi connectivity index (χ4n) is 4.18. The molecule has 176 valence electrons. The second-order valence-corrected chi connectivity index (χ2v) is 8.09. The van der Waals surface area contributed by atoms with Crippen molar-refractivity contribution in [2.45, 2.75) is 38.5 Å². The number of fused-ring (bicyclic) bond motifs is 1. The SMILES string of the molecule is CCOC(=O)CC[C@H]1O[C@@H](c2ccc(OC)cc2)c2ccccc2N(Cc2ccccc2)C1=O. The first-order chi connectivity index (χ1) is 16.6. The number of nitrogens with zero attached hydrogens (tertiary/aromatic N) is 1. The number of carbonyl (C=O) groups is 2. The van der Waals surface area contributed by atoms with Crippen molar-refractivity contribution in [3.63, 3.8) is 0 Å². The Labute approximate surface area is 200 Å². The average molecular weight is 460 g/mol. The third kappa shape index (κ3) is 5.29. The second kappa shape index (κ2) is 11.0. The van der Waals surface area contributed by atoms with E-state index in [1.54, 1.807) is 18.9 Å². The lowest BCUT2D eigenvalue weighted by Gasteiger charge is -2.25. The van der Waals surface area contributed by atoms with Crippen LogP contribution in [0.1, 0.15) is 42.6 Å². The first kappa shape index (κ1) is 23.5. The Kier molecular flexibility index (Phi) is 7.60. The minimum atomic E-state index is -0.798. The van der Waals surface area contributed by atoms with E-state index in [1.807, 2.05) is 78.9 Å². The van der Waals surface area contributed by atoms with Gasteiger partial charge in [-0.25, -0.2) is 0 Å². The maximum atomic E-state index is 13.8. The van der Waals surface area contributed by atoms with Crippen LogP contribution in [0.2, 0.25) is 0 Å². The normalized spacial score (nSPS) is 17.6. The molecule has 0 aromatic heterocycles. The Bertz CT molecular complexity index is 1110. The number of carbonyl (C=O) groups excluding carboxylic acids is 2. The summed E-state index contributed by atoms with van der Waals surface area (Å²) in [4.78, 5) is 27.6. The summed E-state index contributed by atoms with van der Waals surface area (Å²) in [5.74, 6) is 0.235. The summed E-state index contributed by atoms with van der Waals surface area (Å²) in [5.41, 5.74) is 3.62. The van der Waals surface area contributed by atoms with Crippen molar-refractivity contribution in [1.29, 1.82) is 0 Å². The molecular formula is C28H29NO5. The number of methoxy groups -OCH3 is 1. The van der Waals surface area contributed by atoms with E-state index in [1.165, 1.54) is 0 Å². The predicted octanol–water partition coefficient (Wildman–Crippen LogP) is 5.06. The van der Waals surface area contributed by atoms with E-state index in [2.05, 4.69) is 0 Å². The number of amides is 1. The van der Waals surface area contributed by atoms with Crippen LogP contribution in [-0.2, 0) is 25.6 Å². The van der Waals surface area contributed by atoms with Crippen LogP contribution in [0, 0.1) is 0 Å². The summed E-state index contributed by atoms with van der Waals surface area (Å²) >= 11 is 0. The Balaban J connectivity index is 1.74. The highest BCUT2D eigenvalue weighted by Crippen LogP contribution is 2.39. The fraction of sp³-hybridized carbons (Fsp3) is 0.286. The number of esters is 1. The van der Waals surface area contributed by atoms with Gasteiger partial charge < -0.3 is 19.1 Å². The van der Waals surface area contributed by atoms with Gasteiger partial charge in [-0.05, 0) is 42.7 Å². The predicted molar refractivity (Wildman–Crippen MR) is 130 cm³/mol. The Morgan fingerprint density at radius 3 is 2.38 bits per heavy atom. The fourth-order valence-corrected chi connectivity index (χ4v) is 4.18. The van der Waals surface area contributed by atoms with Crippen molar-refractivity contribution in [2.24, 2.45) is 0 Å². The van der Waals surface area contributed by atoms with Crippen LogP contribution >= 0.6 is 0 Å². The molecule has 6 heteroatoms. The van der Waals surface area contributed by atoms with E-state index in [4.69, 9.17) is 14.2 Å². The molecule has 1 aliphatic rings. The summed E-state index contributed by atoms with van der Waals surface area (Å²) in [7, 11) is 1.62. The lowest BCUT2D eigenvalue weighted by molar-refractivity contribution is -0.145. The number of para-hydroxylation sites is 1. The molecule has 0 radical (unpaired) electrons. The van der Waals surface area contributed by atoms with E-state index in [9.17, 15) is 9.59 Å². The maximum absolute atomic E-state index is 13.8. The van der Waals surface area contributed by atoms with Crippen molar-refractivity contribution in [2.75, 3.05) is 18.6 Å².